The van der Waals surface area contributed by atoms with Gasteiger partial charge >= 0.3 is 0 Å². The number of nitrogens with one attached hydrogen (secondary N) is 1. The van der Waals surface area contributed by atoms with Crippen molar-refractivity contribution in [1.82, 2.24) is 10.2 Å². The van der Waals surface area contributed by atoms with Crippen molar-refractivity contribution in [3.63, 3.8) is 0 Å². The SMILES string of the molecule is CNC(CCN1CCOC(C)(C)C1)c1cc(F)cc(F)c1. The number of rotatable bonds is 5. The number of benzene rings is 1. The van der Waals surface area contributed by atoms with E-state index < -0.39 is 11.6 Å². The Morgan fingerprint density at radius 1 is 1.29 bits per heavy atom. The number of nitrogens with zero attached hydrogens (tertiary/aromatic N) is 1. The van der Waals surface area contributed by atoms with Gasteiger partial charge in [0.25, 0.3) is 0 Å². The molecule has 1 unspecified atom stereocenters. The Balaban J connectivity index is 1.96. The Morgan fingerprint density at radius 2 is 1.95 bits per heavy atom. The van der Waals surface area contributed by atoms with E-state index in [-0.39, 0.29) is 11.6 Å². The van der Waals surface area contributed by atoms with Crippen molar-refractivity contribution in [3.8, 4) is 0 Å². The second-order valence-corrected chi connectivity index (χ2v) is 6.22. The summed E-state index contributed by atoms with van der Waals surface area (Å²) in [6.45, 7) is 7.54. The summed E-state index contributed by atoms with van der Waals surface area (Å²) in [5.41, 5.74) is 0.528. The predicted octanol–water partition coefficient (Wildman–Crippen LogP) is 2.73. The van der Waals surface area contributed by atoms with Crippen LogP contribution in [0.1, 0.15) is 31.9 Å². The molecule has 0 amide bonds. The lowest BCUT2D eigenvalue weighted by Crippen LogP contribution is -2.48. The van der Waals surface area contributed by atoms with Gasteiger partial charge in [-0.1, -0.05) is 0 Å². The molecule has 0 aromatic heterocycles. The smallest absolute Gasteiger partial charge is 0.126 e. The van der Waals surface area contributed by atoms with Crippen LogP contribution in [-0.2, 0) is 4.74 Å². The minimum atomic E-state index is -0.530. The van der Waals surface area contributed by atoms with E-state index in [1.54, 1.807) is 0 Å². The fourth-order valence-corrected chi connectivity index (χ4v) is 2.87. The summed E-state index contributed by atoms with van der Waals surface area (Å²) < 4.78 is 32.3. The molecule has 3 nitrogen and oxygen atoms in total. The highest BCUT2D eigenvalue weighted by atomic mass is 19.1. The molecule has 1 aliphatic rings. The van der Waals surface area contributed by atoms with E-state index in [1.165, 1.54) is 12.1 Å². The topological polar surface area (TPSA) is 24.5 Å². The van der Waals surface area contributed by atoms with Crippen LogP contribution in [-0.4, -0.2) is 43.8 Å². The van der Waals surface area contributed by atoms with Gasteiger partial charge in [-0.05, 0) is 45.0 Å². The Morgan fingerprint density at radius 3 is 2.52 bits per heavy atom. The molecule has 1 aromatic rings. The van der Waals surface area contributed by atoms with Gasteiger partial charge in [-0.15, -0.1) is 0 Å². The number of hydrogen-bond donors (Lipinski definition) is 1. The minimum absolute atomic E-state index is 0.0545. The molecule has 0 bridgehead atoms. The lowest BCUT2D eigenvalue weighted by molar-refractivity contribution is -0.0864. The molecule has 1 heterocycles. The molecule has 1 atom stereocenters. The van der Waals surface area contributed by atoms with Crippen molar-refractivity contribution in [3.05, 3.63) is 35.4 Å². The van der Waals surface area contributed by atoms with E-state index >= 15 is 0 Å². The minimum Gasteiger partial charge on any atom is -0.373 e. The largest absolute Gasteiger partial charge is 0.373 e. The number of ether oxygens (including phenoxy) is 1. The van der Waals surface area contributed by atoms with Crippen LogP contribution >= 0.6 is 0 Å². The monoisotopic (exact) mass is 298 g/mol. The van der Waals surface area contributed by atoms with E-state index in [0.29, 0.717) is 5.56 Å². The van der Waals surface area contributed by atoms with Gasteiger partial charge in [-0.2, -0.15) is 0 Å². The molecular formula is C16H24F2N2O. The predicted molar refractivity (Wildman–Crippen MR) is 79.2 cm³/mol. The van der Waals surface area contributed by atoms with Gasteiger partial charge in [-0.3, -0.25) is 4.90 Å². The Bertz CT molecular complexity index is 459. The van der Waals surface area contributed by atoms with Crippen molar-refractivity contribution >= 4 is 0 Å². The first-order valence-corrected chi connectivity index (χ1v) is 7.39. The number of halogens is 2. The van der Waals surface area contributed by atoms with E-state index in [9.17, 15) is 8.78 Å². The fourth-order valence-electron chi connectivity index (χ4n) is 2.87. The van der Waals surface area contributed by atoms with Gasteiger partial charge in [0.1, 0.15) is 11.6 Å². The lowest BCUT2D eigenvalue weighted by atomic mass is 10.0. The second kappa shape index (κ2) is 6.81. The van der Waals surface area contributed by atoms with Crippen LogP contribution in [0.4, 0.5) is 8.78 Å². The standard InChI is InChI=1S/C16H24F2N2O/c1-16(2)11-20(6-7-21-16)5-4-15(19-3)12-8-13(17)10-14(18)9-12/h8-10,15,19H,4-7,11H2,1-3H3. The van der Waals surface area contributed by atoms with E-state index in [4.69, 9.17) is 4.74 Å². The molecule has 1 aliphatic heterocycles. The quantitative estimate of drug-likeness (QED) is 0.904. The molecule has 0 aliphatic carbocycles. The van der Waals surface area contributed by atoms with E-state index in [0.717, 1.165) is 38.7 Å². The highest BCUT2D eigenvalue weighted by molar-refractivity contribution is 5.21. The molecule has 1 saturated heterocycles. The Kier molecular flexibility index (Phi) is 5.30. The summed E-state index contributed by atoms with van der Waals surface area (Å²) >= 11 is 0. The first-order chi connectivity index (χ1) is 9.89. The average molecular weight is 298 g/mol. The number of morpholine rings is 1. The zero-order valence-corrected chi connectivity index (χ0v) is 13.0. The summed E-state index contributed by atoms with van der Waals surface area (Å²) in [4.78, 5) is 2.34. The molecule has 118 valence electrons. The summed E-state index contributed by atoms with van der Waals surface area (Å²) in [5.74, 6) is -1.06. The maximum absolute atomic E-state index is 13.3. The summed E-state index contributed by atoms with van der Waals surface area (Å²) in [5, 5.41) is 3.14. The zero-order chi connectivity index (χ0) is 15.5. The van der Waals surface area contributed by atoms with Gasteiger partial charge in [0.2, 0.25) is 0 Å². The third kappa shape index (κ3) is 4.73. The molecule has 2 rings (SSSR count). The number of hydrogen-bond acceptors (Lipinski definition) is 3. The Labute approximate surface area is 125 Å². The third-order valence-corrected chi connectivity index (χ3v) is 3.87. The molecule has 21 heavy (non-hydrogen) atoms. The highest BCUT2D eigenvalue weighted by Crippen LogP contribution is 2.22. The second-order valence-electron chi connectivity index (χ2n) is 6.22. The van der Waals surface area contributed by atoms with Crippen molar-refractivity contribution in [2.45, 2.75) is 31.9 Å². The van der Waals surface area contributed by atoms with Crippen LogP contribution in [0.5, 0.6) is 0 Å². The fraction of sp³-hybridized carbons (Fsp3) is 0.625. The molecule has 1 fully saturated rings. The van der Waals surface area contributed by atoms with Crippen molar-refractivity contribution in [2.75, 3.05) is 33.3 Å². The molecule has 0 spiro atoms. The van der Waals surface area contributed by atoms with Crippen LogP contribution in [0.2, 0.25) is 0 Å². The average Bonchev–Trinajstić information content (AvgIpc) is 2.37. The highest BCUT2D eigenvalue weighted by Gasteiger charge is 2.27. The van der Waals surface area contributed by atoms with Crippen LogP contribution < -0.4 is 5.32 Å². The van der Waals surface area contributed by atoms with Crippen molar-refractivity contribution < 1.29 is 13.5 Å². The summed E-state index contributed by atoms with van der Waals surface area (Å²) in [7, 11) is 1.82. The summed E-state index contributed by atoms with van der Waals surface area (Å²) in [6.07, 6.45) is 0.801. The maximum Gasteiger partial charge on any atom is 0.126 e. The first-order valence-electron chi connectivity index (χ1n) is 7.39. The maximum atomic E-state index is 13.3. The van der Waals surface area contributed by atoms with Gasteiger partial charge < -0.3 is 10.1 Å². The van der Waals surface area contributed by atoms with Crippen LogP contribution in [0.15, 0.2) is 18.2 Å². The molecule has 1 aromatic carbocycles. The van der Waals surface area contributed by atoms with Gasteiger partial charge in [-0.25, -0.2) is 8.78 Å². The van der Waals surface area contributed by atoms with Crippen LogP contribution in [0.25, 0.3) is 0 Å². The molecule has 5 heteroatoms. The normalized spacial score (nSPS) is 20.4. The van der Waals surface area contributed by atoms with Crippen molar-refractivity contribution in [2.24, 2.45) is 0 Å². The van der Waals surface area contributed by atoms with Crippen LogP contribution in [0, 0.1) is 11.6 Å². The molecule has 1 N–H and O–H groups in total. The Hall–Kier alpha value is -1.04. The van der Waals surface area contributed by atoms with Crippen LogP contribution in [0.3, 0.4) is 0 Å². The molecule has 0 saturated carbocycles. The summed E-state index contributed by atoms with van der Waals surface area (Å²) in [6, 6.07) is 3.64. The van der Waals surface area contributed by atoms with Gasteiger partial charge in [0.05, 0.1) is 12.2 Å². The first kappa shape index (κ1) is 16.3. The van der Waals surface area contributed by atoms with E-state index in [1.807, 2.05) is 7.05 Å². The zero-order valence-electron chi connectivity index (χ0n) is 13.0. The van der Waals surface area contributed by atoms with Crippen molar-refractivity contribution in [1.29, 1.82) is 0 Å². The molecule has 0 radical (unpaired) electrons. The third-order valence-electron chi connectivity index (χ3n) is 3.87. The van der Waals surface area contributed by atoms with E-state index in [2.05, 4.69) is 24.1 Å². The molecular weight excluding hydrogens is 274 g/mol. The lowest BCUT2D eigenvalue weighted by Gasteiger charge is -2.38. The van der Waals surface area contributed by atoms with Gasteiger partial charge in [0.15, 0.2) is 0 Å². The van der Waals surface area contributed by atoms with Gasteiger partial charge in [0, 0.05) is 31.7 Å².